The van der Waals surface area contributed by atoms with E-state index in [1.165, 1.54) is 11.3 Å². The van der Waals surface area contributed by atoms with Crippen molar-refractivity contribution in [3.8, 4) is 0 Å². The minimum absolute atomic E-state index is 0.0234. The van der Waals surface area contributed by atoms with Gasteiger partial charge < -0.3 is 9.32 Å². The summed E-state index contributed by atoms with van der Waals surface area (Å²) < 4.78 is 8.05. The van der Waals surface area contributed by atoms with E-state index in [4.69, 9.17) is 4.42 Å². The Balaban J connectivity index is 2.64. The van der Waals surface area contributed by atoms with E-state index >= 15 is 0 Å². The summed E-state index contributed by atoms with van der Waals surface area (Å²) in [7, 11) is 0. The van der Waals surface area contributed by atoms with Gasteiger partial charge >= 0.3 is 0 Å². The zero-order valence-electron chi connectivity index (χ0n) is 8.50. The lowest BCUT2D eigenvalue weighted by atomic mass is 10.4. The molecule has 0 N–H and O–H groups in total. The Kier molecular flexibility index (Phi) is 3.91. The maximum atomic E-state index is 11.8. The Labute approximate surface area is 119 Å². The molecule has 0 aromatic carbocycles. The zero-order valence-corrected chi connectivity index (χ0v) is 13.1. The fourth-order valence-corrected chi connectivity index (χ4v) is 3.63. The molecule has 86 valence electrons. The number of rotatable bonds is 3. The highest BCUT2D eigenvalue weighted by Crippen LogP contribution is 2.30. The number of nitrogens with zero attached hydrogens (tertiary/aromatic N) is 1. The third-order valence-corrected chi connectivity index (χ3v) is 4.92. The fourth-order valence-electron chi connectivity index (χ4n) is 1.36. The van der Waals surface area contributed by atoms with Gasteiger partial charge in [-0.2, -0.15) is 0 Å². The van der Waals surface area contributed by atoms with Crippen molar-refractivity contribution in [2.24, 2.45) is 0 Å². The number of fused-ring (bicyclic) bond motifs is 1. The van der Waals surface area contributed by atoms with Crippen LogP contribution in [0.3, 0.4) is 0 Å². The van der Waals surface area contributed by atoms with E-state index in [2.05, 4.69) is 38.5 Å². The largest absolute Gasteiger partial charge is 0.438 e. The average Bonchev–Trinajstić information content (AvgIpc) is 2.63. The quantitative estimate of drug-likeness (QED) is 0.435. The number of alkyl halides is 1. The van der Waals surface area contributed by atoms with Crippen LogP contribution in [0.25, 0.3) is 10.3 Å². The first kappa shape index (κ1) is 12.4. The lowest BCUT2D eigenvalue weighted by molar-refractivity contribution is 0.587. The molecule has 6 heteroatoms. The van der Waals surface area contributed by atoms with Gasteiger partial charge in [0.15, 0.2) is 5.58 Å². The van der Waals surface area contributed by atoms with Gasteiger partial charge in [-0.25, -0.2) is 0 Å². The molecule has 0 aliphatic carbocycles. The Morgan fingerprint density at radius 1 is 1.62 bits per heavy atom. The number of thiophene rings is 1. The average molecular weight is 414 g/mol. The van der Waals surface area contributed by atoms with Crippen LogP contribution in [-0.2, 0) is 0 Å². The summed E-state index contributed by atoms with van der Waals surface area (Å²) in [4.78, 5) is 13.9. The monoisotopic (exact) mass is 413 g/mol. The van der Waals surface area contributed by atoms with Gasteiger partial charge in [-0.3, -0.25) is 4.79 Å². The molecule has 2 heterocycles. The smallest absolute Gasteiger partial charge is 0.204 e. The van der Waals surface area contributed by atoms with Crippen LogP contribution < -0.4 is 10.3 Å². The molecule has 0 atom stereocenters. The molecule has 2 rings (SSSR count). The minimum Gasteiger partial charge on any atom is -0.438 e. The van der Waals surface area contributed by atoms with E-state index < -0.39 is 0 Å². The standard InChI is InChI=1S/C10H9BrINO2S/c1-2-13(5-12)8-3-7(14)10-9(15-8)6(11)4-16-10/h3-4H,2,5H2,1H3. The van der Waals surface area contributed by atoms with Gasteiger partial charge in [-0.05, 0) is 22.9 Å². The van der Waals surface area contributed by atoms with Crippen molar-refractivity contribution in [1.82, 2.24) is 0 Å². The fraction of sp³-hybridized carbons (Fsp3) is 0.300. The van der Waals surface area contributed by atoms with E-state index in [0.717, 1.165) is 15.6 Å². The van der Waals surface area contributed by atoms with Gasteiger partial charge in [0.2, 0.25) is 11.3 Å². The molecule has 0 fully saturated rings. The molecule has 0 aliphatic rings. The lowest BCUT2D eigenvalue weighted by Gasteiger charge is -2.17. The summed E-state index contributed by atoms with van der Waals surface area (Å²) in [6.45, 7) is 2.85. The van der Waals surface area contributed by atoms with Gasteiger partial charge in [0.05, 0.1) is 9.02 Å². The van der Waals surface area contributed by atoms with Gasteiger partial charge in [0.25, 0.3) is 0 Å². The third-order valence-electron chi connectivity index (χ3n) is 2.23. The third kappa shape index (κ3) is 2.14. The molecule has 0 spiro atoms. The van der Waals surface area contributed by atoms with E-state index in [-0.39, 0.29) is 5.43 Å². The summed E-state index contributed by atoms with van der Waals surface area (Å²) >= 11 is 7.04. The second-order valence-electron chi connectivity index (χ2n) is 3.17. The summed E-state index contributed by atoms with van der Waals surface area (Å²) in [6, 6.07) is 1.56. The van der Waals surface area contributed by atoms with Crippen molar-refractivity contribution in [2.45, 2.75) is 6.92 Å². The molecule has 0 saturated heterocycles. The van der Waals surface area contributed by atoms with Gasteiger partial charge in [0.1, 0.15) is 4.70 Å². The maximum Gasteiger partial charge on any atom is 0.204 e. The van der Waals surface area contributed by atoms with Gasteiger partial charge in [0, 0.05) is 18.0 Å². The van der Waals surface area contributed by atoms with Crippen LogP contribution in [-0.4, -0.2) is 11.1 Å². The Hall–Kier alpha value is -0.0800. The molecule has 3 nitrogen and oxygen atoms in total. The van der Waals surface area contributed by atoms with E-state index in [9.17, 15) is 4.79 Å². The van der Waals surface area contributed by atoms with Crippen LogP contribution in [0.4, 0.5) is 5.88 Å². The molecular weight excluding hydrogens is 405 g/mol. The Morgan fingerprint density at radius 2 is 2.38 bits per heavy atom. The first-order chi connectivity index (χ1) is 7.67. The van der Waals surface area contributed by atoms with Crippen LogP contribution in [0.2, 0.25) is 0 Å². The number of hydrogen-bond acceptors (Lipinski definition) is 4. The van der Waals surface area contributed by atoms with Crippen molar-refractivity contribution in [3.05, 3.63) is 26.1 Å². The highest BCUT2D eigenvalue weighted by Gasteiger charge is 2.13. The molecular formula is C10H9BrINO2S. The van der Waals surface area contributed by atoms with Crippen molar-refractivity contribution in [2.75, 3.05) is 16.0 Å². The van der Waals surface area contributed by atoms with Gasteiger partial charge in [-0.1, -0.05) is 22.6 Å². The van der Waals surface area contributed by atoms with Crippen LogP contribution in [0.15, 0.2) is 25.1 Å². The van der Waals surface area contributed by atoms with Crippen LogP contribution in [0.5, 0.6) is 0 Å². The molecule has 2 aromatic heterocycles. The molecule has 0 amide bonds. The summed E-state index contributed by atoms with van der Waals surface area (Å²) in [5.74, 6) is 0.633. The molecule has 0 unspecified atom stereocenters. The normalized spacial score (nSPS) is 10.9. The zero-order chi connectivity index (χ0) is 11.7. The predicted octanol–water partition coefficient (Wildman–Crippen LogP) is 3.84. The van der Waals surface area contributed by atoms with E-state index in [1.807, 2.05) is 17.2 Å². The highest BCUT2D eigenvalue weighted by molar-refractivity contribution is 14.1. The SMILES string of the molecule is CCN(CI)c1cc(=O)c2scc(Br)c2o1. The van der Waals surface area contributed by atoms with Gasteiger partial charge in [-0.15, -0.1) is 11.3 Å². The molecule has 0 bridgehead atoms. The van der Waals surface area contributed by atoms with Crippen LogP contribution in [0, 0.1) is 0 Å². The Morgan fingerprint density at radius 3 is 3.00 bits per heavy atom. The maximum absolute atomic E-state index is 11.8. The van der Waals surface area contributed by atoms with E-state index in [0.29, 0.717) is 16.2 Å². The predicted molar refractivity (Wildman–Crippen MR) is 80.0 cm³/mol. The molecule has 2 aromatic rings. The second-order valence-corrected chi connectivity index (χ2v) is 5.58. The number of anilines is 1. The topological polar surface area (TPSA) is 33.5 Å². The second kappa shape index (κ2) is 5.05. The molecule has 0 aliphatic heterocycles. The van der Waals surface area contributed by atoms with Crippen LogP contribution in [0.1, 0.15) is 6.92 Å². The lowest BCUT2D eigenvalue weighted by Crippen LogP contribution is -2.21. The summed E-state index contributed by atoms with van der Waals surface area (Å²) in [5, 5.41) is 1.87. The van der Waals surface area contributed by atoms with E-state index in [1.54, 1.807) is 6.07 Å². The van der Waals surface area contributed by atoms with Crippen molar-refractivity contribution in [1.29, 1.82) is 0 Å². The first-order valence-electron chi connectivity index (χ1n) is 4.69. The minimum atomic E-state index is 0.0234. The molecule has 16 heavy (non-hydrogen) atoms. The number of halogens is 2. The summed E-state index contributed by atoms with van der Waals surface area (Å²) in [6.07, 6.45) is 0. The molecule has 0 radical (unpaired) electrons. The Bertz CT molecular complexity index is 561. The van der Waals surface area contributed by atoms with Crippen LogP contribution >= 0.6 is 49.9 Å². The van der Waals surface area contributed by atoms with Crippen molar-refractivity contribution in [3.63, 3.8) is 0 Å². The summed E-state index contributed by atoms with van der Waals surface area (Å²) in [5.41, 5.74) is 0.672. The van der Waals surface area contributed by atoms with Crippen molar-refractivity contribution >= 4 is 66.0 Å². The highest BCUT2D eigenvalue weighted by atomic mass is 127. The number of hydrogen-bond donors (Lipinski definition) is 0. The molecule has 0 saturated carbocycles. The first-order valence-corrected chi connectivity index (χ1v) is 7.89. The van der Waals surface area contributed by atoms with Crippen molar-refractivity contribution < 1.29 is 4.42 Å².